The SMILES string of the molecule is CCC1OC(=O)C(C)C(=O)C(C)CC(C)C[C@@H](C)C(=O)/C=C/[C@]1(C)OC(=O)n1ccnc1. The van der Waals surface area contributed by atoms with Crippen LogP contribution in [0.4, 0.5) is 4.79 Å². The number of aromatic nitrogens is 2. The predicted molar refractivity (Wildman–Crippen MR) is 118 cm³/mol. The number of rotatable bonds is 2. The highest BCUT2D eigenvalue weighted by Crippen LogP contribution is 2.29. The number of ketones is 2. The molecule has 4 unspecified atom stereocenters. The Morgan fingerprint density at radius 3 is 2.44 bits per heavy atom. The van der Waals surface area contributed by atoms with Gasteiger partial charge < -0.3 is 9.47 Å². The third-order valence-corrected chi connectivity index (χ3v) is 6.13. The van der Waals surface area contributed by atoms with Crippen LogP contribution in [0.2, 0.25) is 0 Å². The molecule has 8 heteroatoms. The smallest absolute Gasteiger partial charge is 0.420 e. The minimum absolute atomic E-state index is 0.118. The van der Waals surface area contributed by atoms with Gasteiger partial charge in [-0.3, -0.25) is 14.4 Å². The number of nitrogens with zero attached hydrogens (tertiary/aromatic N) is 2. The second-order valence-electron chi connectivity index (χ2n) is 9.09. The number of ether oxygens (including phenoxy) is 2. The second kappa shape index (κ2) is 10.7. The maximum absolute atomic E-state index is 12.8. The fourth-order valence-corrected chi connectivity index (χ4v) is 4.15. The maximum atomic E-state index is 12.8. The molecule has 6 atom stereocenters. The van der Waals surface area contributed by atoms with Crippen LogP contribution in [0.3, 0.4) is 0 Å². The Morgan fingerprint density at radius 2 is 1.84 bits per heavy atom. The van der Waals surface area contributed by atoms with Crippen molar-refractivity contribution in [3.8, 4) is 0 Å². The molecule has 8 nitrogen and oxygen atoms in total. The standard InChI is InChI=1S/C24H34N2O6/c1-7-20-24(6,32-23(30)26-11-10-25-14-26)9-8-19(27)16(3)12-15(2)13-17(4)21(28)18(5)22(29)31-20/h8-11,14-18,20H,7,12-13H2,1-6H3/b9-8+/t15?,16-,17?,18?,20?,24+/m1/s1. The molecule has 2 heterocycles. The summed E-state index contributed by atoms with van der Waals surface area (Å²) in [5.41, 5.74) is -1.43. The first-order chi connectivity index (χ1) is 15.0. The summed E-state index contributed by atoms with van der Waals surface area (Å²) in [5, 5.41) is 0. The predicted octanol–water partition coefficient (Wildman–Crippen LogP) is 3.98. The Kier molecular flexibility index (Phi) is 8.52. The summed E-state index contributed by atoms with van der Waals surface area (Å²) in [7, 11) is 0. The van der Waals surface area contributed by atoms with Crippen molar-refractivity contribution in [3.63, 3.8) is 0 Å². The lowest BCUT2D eigenvalue weighted by Crippen LogP contribution is -2.46. The van der Waals surface area contributed by atoms with E-state index in [9.17, 15) is 19.2 Å². The Bertz CT molecular complexity index is 862. The lowest BCUT2D eigenvalue weighted by molar-refractivity contribution is -0.166. The fourth-order valence-electron chi connectivity index (χ4n) is 4.15. The highest BCUT2D eigenvalue weighted by atomic mass is 16.6. The average molecular weight is 447 g/mol. The molecule has 0 spiro atoms. The summed E-state index contributed by atoms with van der Waals surface area (Å²) < 4.78 is 12.5. The first-order valence-corrected chi connectivity index (χ1v) is 11.2. The van der Waals surface area contributed by atoms with Gasteiger partial charge in [0, 0.05) is 24.2 Å². The molecule has 1 aliphatic rings. The molecular weight excluding hydrogens is 412 g/mol. The van der Waals surface area contributed by atoms with Crippen molar-refractivity contribution < 1.29 is 28.7 Å². The second-order valence-corrected chi connectivity index (χ2v) is 9.09. The van der Waals surface area contributed by atoms with Crippen LogP contribution in [0.15, 0.2) is 30.9 Å². The number of carbonyl (C=O) groups excluding carboxylic acids is 4. The first-order valence-electron chi connectivity index (χ1n) is 11.2. The molecule has 0 fully saturated rings. The number of allylic oxidation sites excluding steroid dienone is 1. The largest absolute Gasteiger partial charge is 0.457 e. The number of imidazole rings is 1. The van der Waals surface area contributed by atoms with Crippen molar-refractivity contribution in [1.29, 1.82) is 0 Å². The molecule has 176 valence electrons. The highest BCUT2D eigenvalue weighted by molar-refractivity contribution is 5.99. The van der Waals surface area contributed by atoms with E-state index in [1.165, 1.54) is 30.9 Å². The topological polar surface area (TPSA) is 105 Å². The van der Waals surface area contributed by atoms with Gasteiger partial charge in [0.2, 0.25) is 0 Å². The lowest BCUT2D eigenvalue weighted by atomic mass is 9.83. The Labute approximate surface area is 189 Å². The molecule has 0 saturated carbocycles. The molecule has 1 aliphatic heterocycles. The zero-order valence-electron chi connectivity index (χ0n) is 19.7. The van der Waals surface area contributed by atoms with E-state index in [-0.39, 0.29) is 29.3 Å². The summed E-state index contributed by atoms with van der Waals surface area (Å²) in [5.74, 6) is -2.39. The summed E-state index contributed by atoms with van der Waals surface area (Å²) in [6.07, 6.45) is 6.94. The molecule has 1 aromatic rings. The van der Waals surface area contributed by atoms with Gasteiger partial charge in [-0.05, 0) is 51.2 Å². The summed E-state index contributed by atoms with van der Waals surface area (Å²) in [6.45, 7) is 10.5. The van der Waals surface area contributed by atoms with Gasteiger partial charge in [0.05, 0.1) is 0 Å². The van der Waals surface area contributed by atoms with Crippen molar-refractivity contribution in [3.05, 3.63) is 30.9 Å². The normalized spacial score (nSPS) is 33.8. The molecule has 1 aromatic heterocycles. The molecule has 32 heavy (non-hydrogen) atoms. The van der Waals surface area contributed by atoms with Crippen molar-refractivity contribution in [1.82, 2.24) is 9.55 Å². The number of hydrogen-bond acceptors (Lipinski definition) is 7. The molecule has 0 aliphatic carbocycles. The van der Waals surface area contributed by atoms with Gasteiger partial charge >= 0.3 is 12.1 Å². The van der Waals surface area contributed by atoms with E-state index >= 15 is 0 Å². The molecule has 2 rings (SSSR count). The van der Waals surface area contributed by atoms with Crippen molar-refractivity contribution in [2.45, 2.75) is 72.5 Å². The van der Waals surface area contributed by atoms with Crippen LogP contribution in [0.5, 0.6) is 0 Å². The van der Waals surface area contributed by atoms with Crippen molar-refractivity contribution in [2.75, 3.05) is 0 Å². The number of cyclic esters (lactones) is 1. The van der Waals surface area contributed by atoms with Gasteiger partial charge in [-0.2, -0.15) is 0 Å². The zero-order valence-corrected chi connectivity index (χ0v) is 19.7. The van der Waals surface area contributed by atoms with Crippen LogP contribution < -0.4 is 0 Å². The van der Waals surface area contributed by atoms with Gasteiger partial charge in [0.15, 0.2) is 11.4 Å². The third kappa shape index (κ3) is 6.14. The molecule has 0 radical (unpaired) electrons. The number of esters is 1. The van der Waals surface area contributed by atoms with E-state index in [2.05, 4.69) is 4.98 Å². The molecule has 0 amide bonds. The zero-order chi connectivity index (χ0) is 24.1. The number of hydrogen-bond donors (Lipinski definition) is 0. The summed E-state index contributed by atoms with van der Waals surface area (Å²) >= 11 is 0. The molecule has 0 N–H and O–H groups in total. The summed E-state index contributed by atoms with van der Waals surface area (Å²) in [6, 6.07) is 0. The molecule has 0 bridgehead atoms. The van der Waals surface area contributed by atoms with Crippen LogP contribution in [-0.2, 0) is 23.9 Å². The van der Waals surface area contributed by atoms with Crippen molar-refractivity contribution >= 4 is 23.6 Å². The first kappa shape index (κ1) is 25.5. The average Bonchev–Trinajstić information content (AvgIpc) is 3.28. The van der Waals surface area contributed by atoms with Crippen LogP contribution in [0.1, 0.15) is 60.8 Å². The van der Waals surface area contributed by atoms with Crippen LogP contribution in [-0.4, -0.2) is 44.9 Å². The van der Waals surface area contributed by atoms with Crippen LogP contribution >= 0.6 is 0 Å². The van der Waals surface area contributed by atoms with Gasteiger partial charge in [-0.1, -0.05) is 27.7 Å². The van der Waals surface area contributed by atoms with E-state index in [0.29, 0.717) is 19.3 Å². The fraction of sp³-hybridized carbons (Fsp3) is 0.625. The molecule has 0 aromatic carbocycles. The summed E-state index contributed by atoms with van der Waals surface area (Å²) in [4.78, 5) is 54.9. The third-order valence-electron chi connectivity index (χ3n) is 6.13. The minimum Gasteiger partial charge on any atom is -0.457 e. The van der Waals surface area contributed by atoms with Gasteiger partial charge in [-0.15, -0.1) is 0 Å². The van der Waals surface area contributed by atoms with E-state index in [1.54, 1.807) is 27.7 Å². The molecule has 0 saturated heterocycles. The maximum Gasteiger partial charge on any atom is 0.420 e. The Balaban J connectivity index is 2.44. The van der Waals surface area contributed by atoms with E-state index in [1.807, 2.05) is 13.8 Å². The van der Waals surface area contributed by atoms with Crippen LogP contribution in [0, 0.1) is 23.7 Å². The van der Waals surface area contributed by atoms with E-state index < -0.39 is 29.7 Å². The number of Topliss-reactive ketones (excluding diaryl/α,β-unsaturated/α-hetero) is 1. The van der Waals surface area contributed by atoms with E-state index in [0.717, 1.165) is 4.57 Å². The minimum atomic E-state index is -1.43. The van der Waals surface area contributed by atoms with Gasteiger partial charge in [0.1, 0.15) is 24.1 Å². The Hall–Kier alpha value is -2.77. The van der Waals surface area contributed by atoms with E-state index in [4.69, 9.17) is 9.47 Å². The molecular formula is C24H34N2O6. The van der Waals surface area contributed by atoms with Gasteiger partial charge in [-0.25, -0.2) is 14.3 Å². The van der Waals surface area contributed by atoms with Crippen LogP contribution in [0.25, 0.3) is 0 Å². The quantitative estimate of drug-likeness (QED) is 0.500. The number of carbonyl (C=O) groups is 4. The highest BCUT2D eigenvalue weighted by Gasteiger charge is 2.40. The monoisotopic (exact) mass is 446 g/mol. The van der Waals surface area contributed by atoms with Crippen molar-refractivity contribution in [2.24, 2.45) is 23.7 Å². The lowest BCUT2D eigenvalue weighted by Gasteiger charge is -2.34. The van der Waals surface area contributed by atoms with Gasteiger partial charge in [0.25, 0.3) is 0 Å². The Morgan fingerprint density at radius 1 is 1.19 bits per heavy atom.